The summed E-state index contributed by atoms with van der Waals surface area (Å²) in [7, 11) is 2.16. The third kappa shape index (κ3) is 4.93. The molecule has 0 aliphatic carbocycles. The first-order valence-corrected chi connectivity index (χ1v) is 11.6. The molecule has 4 aromatic rings. The Morgan fingerprint density at radius 2 is 1.67 bits per heavy atom. The molecule has 1 N–H and O–H groups in total. The molecule has 0 atom stereocenters. The van der Waals surface area contributed by atoms with Crippen molar-refractivity contribution in [3.8, 4) is 11.4 Å². The first-order valence-electron chi connectivity index (χ1n) is 11.6. The van der Waals surface area contributed by atoms with E-state index < -0.39 is 0 Å². The van der Waals surface area contributed by atoms with E-state index in [1.165, 1.54) is 5.56 Å². The Morgan fingerprint density at radius 1 is 0.879 bits per heavy atom. The van der Waals surface area contributed by atoms with Gasteiger partial charge in [-0.1, -0.05) is 30.3 Å². The van der Waals surface area contributed by atoms with Gasteiger partial charge in [-0.25, -0.2) is 15.0 Å². The van der Waals surface area contributed by atoms with E-state index in [1.807, 2.05) is 24.4 Å². The minimum atomic E-state index is 0.693. The van der Waals surface area contributed by atoms with Crippen LogP contribution in [0.1, 0.15) is 12.0 Å². The SMILES string of the molecule is CN1CCN(c2nccc3c(NCCCc4ccccc4)nc(-c4ccncc4)nc23)CC1. The van der Waals surface area contributed by atoms with Crippen LogP contribution in [0.5, 0.6) is 0 Å². The quantitative estimate of drug-likeness (QED) is 0.438. The lowest BCUT2D eigenvalue weighted by Crippen LogP contribution is -2.44. The summed E-state index contributed by atoms with van der Waals surface area (Å²) in [4.78, 5) is 23.5. The highest BCUT2D eigenvalue weighted by molar-refractivity contribution is 5.97. The maximum Gasteiger partial charge on any atom is 0.162 e. The highest BCUT2D eigenvalue weighted by atomic mass is 15.3. The van der Waals surface area contributed by atoms with Crippen LogP contribution in [0.3, 0.4) is 0 Å². The van der Waals surface area contributed by atoms with Crippen molar-refractivity contribution < 1.29 is 0 Å². The van der Waals surface area contributed by atoms with Crippen molar-refractivity contribution >= 4 is 22.5 Å². The molecule has 168 valence electrons. The lowest BCUT2D eigenvalue weighted by molar-refractivity contribution is 0.312. The number of nitrogens with zero attached hydrogens (tertiary/aromatic N) is 6. The van der Waals surface area contributed by atoms with E-state index in [1.54, 1.807) is 12.4 Å². The van der Waals surface area contributed by atoms with E-state index >= 15 is 0 Å². The molecule has 0 saturated carbocycles. The van der Waals surface area contributed by atoms with Gasteiger partial charge in [0.2, 0.25) is 0 Å². The van der Waals surface area contributed by atoms with E-state index in [0.717, 1.165) is 73.7 Å². The van der Waals surface area contributed by atoms with Gasteiger partial charge in [-0.3, -0.25) is 4.98 Å². The fourth-order valence-corrected chi connectivity index (χ4v) is 4.20. The lowest BCUT2D eigenvalue weighted by Gasteiger charge is -2.33. The molecule has 1 aromatic carbocycles. The predicted molar refractivity (Wildman–Crippen MR) is 134 cm³/mol. The standard InChI is InChI=1S/C26H29N7/c1-32-16-18-33(19-17-32)26-23-22(11-15-29-26)25(28-12-5-8-20-6-3-2-4-7-20)31-24(30-23)21-9-13-27-14-10-21/h2-4,6-7,9-11,13-15H,5,8,12,16-19H2,1H3,(H,28,30,31). The number of fused-ring (bicyclic) bond motifs is 1. The summed E-state index contributed by atoms with van der Waals surface area (Å²) in [5, 5.41) is 4.59. The number of hydrogen-bond acceptors (Lipinski definition) is 7. The van der Waals surface area contributed by atoms with Crippen molar-refractivity contribution in [1.29, 1.82) is 0 Å². The molecule has 0 amide bonds. The number of benzene rings is 1. The Labute approximate surface area is 194 Å². The minimum Gasteiger partial charge on any atom is -0.369 e. The van der Waals surface area contributed by atoms with Gasteiger partial charge in [0.1, 0.15) is 11.3 Å². The van der Waals surface area contributed by atoms with Crippen LogP contribution in [0.25, 0.3) is 22.3 Å². The summed E-state index contributed by atoms with van der Waals surface area (Å²) in [5.41, 5.74) is 3.20. The van der Waals surface area contributed by atoms with Gasteiger partial charge >= 0.3 is 0 Å². The molecular formula is C26H29N7. The number of piperazine rings is 1. The van der Waals surface area contributed by atoms with E-state index in [9.17, 15) is 0 Å². The average molecular weight is 440 g/mol. The van der Waals surface area contributed by atoms with Crippen LogP contribution in [0.15, 0.2) is 67.1 Å². The number of hydrogen-bond donors (Lipinski definition) is 1. The molecule has 0 radical (unpaired) electrons. The van der Waals surface area contributed by atoms with Crippen molar-refractivity contribution in [2.75, 3.05) is 50.0 Å². The highest BCUT2D eigenvalue weighted by Crippen LogP contribution is 2.30. The molecule has 33 heavy (non-hydrogen) atoms. The van der Waals surface area contributed by atoms with Crippen LogP contribution in [-0.4, -0.2) is 64.6 Å². The monoisotopic (exact) mass is 439 g/mol. The van der Waals surface area contributed by atoms with Crippen LogP contribution in [0, 0.1) is 0 Å². The van der Waals surface area contributed by atoms with Gasteiger partial charge in [0.15, 0.2) is 11.6 Å². The van der Waals surface area contributed by atoms with Crippen molar-refractivity contribution in [3.63, 3.8) is 0 Å². The van der Waals surface area contributed by atoms with Crippen molar-refractivity contribution in [2.45, 2.75) is 12.8 Å². The zero-order chi connectivity index (χ0) is 22.5. The summed E-state index contributed by atoms with van der Waals surface area (Å²) >= 11 is 0. The summed E-state index contributed by atoms with van der Waals surface area (Å²) < 4.78 is 0. The molecule has 5 rings (SSSR count). The normalized spacial score (nSPS) is 14.5. The third-order valence-corrected chi connectivity index (χ3v) is 6.11. The third-order valence-electron chi connectivity index (χ3n) is 6.11. The largest absolute Gasteiger partial charge is 0.369 e. The molecule has 7 nitrogen and oxygen atoms in total. The molecule has 1 fully saturated rings. The van der Waals surface area contributed by atoms with Gasteiger partial charge in [-0.05, 0) is 43.7 Å². The number of nitrogens with one attached hydrogen (secondary N) is 1. The topological polar surface area (TPSA) is 70.1 Å². The Balaban J connectivity index is 1.46. The molecule has 3 aromatic heterocycles. The van der Waals surface area contributed by atoms with E-state index in [4.69, 9.17) is 15.0 Å². The molecule has 1 saturated heterocycles. The number of pyridine rings is 2. The number of rotatable bonds is 7. The van der Waals surface area contributed by atoms with E-state index in [-0.39, 0.29) is 0 Å². The fourth-order valence-electron chi connectivity index (χ4n) is 4.20. The first-order chi connectivity index (χ1) is 16.3. The Bertz CT molecular complexity index is 1190. The molecule has 0 unspecified atom stereocenters. The Hall–Kier alpha value is -3.58. The average Bonchev–Trinajstić information content (AvgIpc) is 2.88. The van der Waals surface area contributed by atoms with Crippen molar-refractivity contribution in [2.24, 2.45) is 0 Å². The predicted octanol–water partition coefficient (Wildman–Crippen LogP) is 3.88. The van der Waals surface area contributed by atoms with Crippen molar-refractivity contribution in [1.82, 2.24) is 24.8 Å². The van der Waals surface area contributed by atoms with Crippen molar-refractivity contribution in [3.05, 3.63) is 72.7 Å². The molecule has 1 aliphatic rings. The molecule has 0 bridgehead atoms. The second kappa shape index (κ2) is 9.92. The maximum atomic E-state index is 4.98. The maximum absolute atomic E-state index is 4.98. The Kier molecular flexibility index (Phi) is 6.39. The summed E-state index contributed by atoms with van der Waals surface area (Å²) in [5.74, 6) is 2.49. The minimum absolute atomic E-state index is 0.693. The second-order valence-electron chi connectivity index (χ2n) is 8.47. The van der Waals surface area contributed by atoms with Crippen LogP contribution < -0.4 is 10.2 Å². The smallest absolute Gasteiger partial charge is 0.162 e. The molecular weight excluding hydrogens is 410 g/mol. The molecule has 4 heterocycles. The summed E-state index contributed by atoms with van der Waals surface area (Å²) in [6, 6.07) is 16.5. The number of anilines is 2. The van der Waals surface area contributed by atoms with E-state index in [2.05, 4.69) is 57.5 Å². The van der Waals surface area contributed by atoms with Crippen LogP contribution in [-0.2, 0) is 6.42 Å². The van der Waals surface area contributed by atoms with Gasteiger partial charge in [0, 0.05) is 62.3 Å². The fraction of sp³-hybridized carbons (Fsp3) is 0.308. The molecule has 1 aliphatic heterocycles. The zero-order valence-electron chi connectivity index (χ0n) is 19.0. The highest BCUT2D eigenvalue weighted by Gasteiger charge is 2.20. The Morgan fingerprint density at radius 3 is 2.45 bits per heavy atom. The summed E-state index contributed by atoms with van der Waals surface area (Å²) in [6.07, 6.45) is 7.49. The number of aryl methyl sites for hydroxylation is 1. The van der Waals surface area contributed by atoms with E-state index in [0.29, 0.717) is 5.82 Å². The molecule has 0 spiro atoms. The zero-order valence-corrected chi connectivity index (χ0v) is 19.0. The van der Waals surface area contributed by atoms with Gasteiger partial charge in [-0.2, -0.15) is 0 Å². The van der Waals surface area contributed by atoms with Gasteiger partial charge in [-0.15, -0.1) is 0 Å². The van der Waals surface area contributed by atoms with Crippen LogP contribution >= 0.6 is 0 Å². The first kappa shape index (κ1) is 21.3. The number of aromatic nitrogens is 4. The van der Waals surface area contributed by atoms with Crippen LogP contribution in [0.4, 0.5) is 11.6 Å². The summed E-state index contributed by atoms with van der Waals surface area (Å²) in [6.45, 7) is 4.76. The van der Waals surface area contributed by atoms with Gasteiger partial charge in [0.25, 0.3) is 0 Å². The van der Waals surface area contributed by atoms with Gasteiger partial charge in [0.05, 0.1) is 0 Å². The second-order valence-corrected chi connectivity index (χ2v) is 8.47. The van der Waals surface area contributed by atoms with Crippen LogP contribution in [0.2, 0.25) is 0 Å². The number of likely N-dealkylation sites (N-methyl/N-ethyl adjacent to an activating group) is 1. The lowest BCUT2D eigenvalue weighted by atomic mass is 10.1. The molecule has 7 heteroatoms. The van der Waals surface area contributed by atoms with Gasteiger partial charge < -0.3 is 15.1 Å².